The summed E-state index contributed by atoms with van der Waals surface area (Å²) in [7, 11) is 0.882. The predicted molar refractivity (Wildman–Crippen MR) is 56.6 cm³/mol. The van der Waals surface area contributed by atoms with E-state index in [1.807, 2.05) is 0 Å². The number of rotatable bonds is 4. The van der Waals surface area contributed by atoms with Gasteiger partial charge < -0.3 is 14.9 Å². The Morgan fingerprint density at radius 3 is 2.17 bits per heavy atom. The van der Waals surface area contributed by atoms with Gasteiger partial charge >= 0.3 is 11.8 Å². The smallest absolute Gasteiger partial charge is 0.375 e. The number of methoxy groups -OCH3 is 1. The number of nitro groups is 1. The minimum Gasteiger partial charge on any atom is -0.465 e. The molecule has 0 aliphatic carbocycles. The molecule has 0 fully saturated rings. The lowest BCUT2D eigenvalue weighted by Gasteiger charge is -2.16. The van der Waals surface area contributed by atoms with E-state index in [1.54, 1.807) is 0 Å². The van der Waals surface area contributed by atoms with Gasteiger partial charge in [-0.2, -0.15) is 0 Å². The molecular weight excluding hydrogens is 246 g/mol. The average molecular weight is 255 g/mol. The zero-order valence-corrected chi connectivity index (χ0v) is 9.19. The van der Waals surface area contributed by atoms with Crippen LogP contribution in [0.3, 0.4) is 0 Å². The Morgan fingerprint density at radius 2 is 1.78 bits per heavy atom. The van der Waals surface area contributed by atoms with Crippen molar-refractivity contribution in [1.29, 1.82) is 0 Å². The molecule has 0 radical (unpaired) electrons. The Labute approximate surface area is 101 Å². The number of ketones is 1. The highest BCUT2D eigenvalue weighted by Crippen LogP contribution is 2.17. The molecule has 8 heteroatoms. The number of Topliss-reactive ketones (excluding diaryl/α,β-unsaturated/α-hetero) is 1. The summed E-state index contributed by atoms with van der Waals surface area (Å²) in [5, 5.41) is 28.9. The maximum atomic E-state index is 11.6. The van der Waals surface area contributed by atoms with E-state index >= 15 is 0 Å². The third-order valence-electron chi connectivity index (χ3n) is 2.13. The molecule has 8 nitrogen and oxygen atoms in total. The van der Waals surface area contributed by atoms with Crippen LogP contribution in [0.4, 0.5) is 5.69 Å². The summed E-state index contributed by atoms with van der Waals surface area (Å²) in [6, 6.07) is 4.01. The summed E-state index contributed by atoms with van der Waals surface area (Å²) >= 11 is 0. The Kier molecular flexibility index (Phi) is 3.74. The fourth-order valence-corrected chi connectivity index (χ4v) is 1.17. The van der Waals surface area contributed by atoms with Crippen LogP contribution in [0.1, 0.15) is 10.4 Å². The summed E-state index contributed by atoms with van der Waals surface area (Å²) < 4.78 is 4.05. The number of aliphatic hydroxyl groups is 2. The molecule has 1 rings (SSSR count). The van der Waals surface area contributed by atoms with Gasteiger partial charge in [-0.15, -0.1) is 0 Å². The van der Waals surface area contributed by atoms with Gasteiger partial charge in [-0.05, 0) is 12.1 Å². The van der Waals surface area contributed by atoms with Crippen LogP contribution in [0, 0.1) is 10.1 Å². The number of carbonyl (C=O) groups is 2. The molecule has 0 unspecified atom stereocenters. The van der Waals surface area contributed by atoms with E-state index in [2.05, 4.69) is 4.74 Å². The van der Waals surface area contributed by atoms with Crippen LogP contribution in [0.25, 0.3) is 0 Å². The highest BCUT2D eigenvalue weighted by molar-refractivity contribution is 6.13. The Hall–Kier alpha value is -2.32. The van der Waals surface area contributed by atoms with Gasteiger partial charge in [0.05, 0.1) is 12.0 Å². The third kappa shape index (κ3) is 2.50. The molecule has 96 valence electrons. The van der Waals surface area contributed by atoms with Crippen molar-refractivity contribution in [1.82, 2.24) is 0 Å². The molecule has 0 amide bonds. The summed E-state index contributed by atoms with van der Waals surface area (Å²) in [6.45, 7) is 0. The van der Waals surface area contributed by atoms with Crippen LogP contribution in [-0.4, -0.2) is 39.8 Å². The molecule has 0 heterocycles. The molecule has 0 aliphatic heterocycles. The van der Waals surface area contributed by atoms with Gasteiger partial charge in [0, 0.05) is 17.7 Å². The number of hydrogen-bond acceptors (Lipinski definition) is 7. The van der Waals surface area contributed by atoms with E-state index in [9.17, 15) is 29.9 Å². The zero-order chi connectivity index (χ0) is 13.9. The average Bonchev–Trinajstić information content (AvgIpc) is 2.36. The number of hydrogen-bond donors (Lipinski definition) is 2. The van der Waals surface area contributed by atoms with Gasteiger partial charge in [0.25, 0.3) is 5.69 Å². The molecule has 0 aliphatic rings. The van der Waals surface area contributed by atoms with E-state index < -0.39 is 22.5 Å². The molecule has 0 bridgehead atoms. The van der Waals surface area contributed by atoms with Crippen molar-refractivity contribution in [2.75, 3.05) is 7.11 Å². The molecule has 1 aromatic carbocycles. The highest BCUT2D eigenvalue weighted by Gasteiger charge is 2.43. The highest BCUT2D eigenvalue weighted by atomic mass is 16.6. The zero-order valence-electron chi connectivity index (χ0n) is 9.19. The monoisotopic (exact) mass is 255 g/mol. The lowest BCUT2D eigenvalue weighted by atomic mass is 10.0. The van der Waals surface area contributed by atoms with Crippen LogP contribution < -0.4 is 0 Å². The number of nitrogens with zero attached hydrogens (tertiary/aromatic N) is 1. The van der Waals surface area contributed by atoms with E-state index in [-0.39, 0.29) is 11.3 Å². The second kappa shape index (κ2) is 4.90. The minimum absolute atomic E-state index is 0.268. The molecule has 0 spiro atoms. The van der Waals surface area contributed by atoms with Crippen molar-refractivity contribution in [3.63, 3.8) is 0 Å². The SMILES string of the molecule is COC(=O)C(O)(O)C(=O)c1ccc([N+](=O)[O-])cc1. The second-order valence-electron chi connectivity index (χ2n) is 3.30. The van der Waals surface area contributed by atoms with Gasteiger partial charge in [-0.3, -0.25) is 14.9 Å². The van der Waals surface area contributed by atoms with Crippen molar-refractivity contribution in [2.24, 2.45) is 0 Å². The van der Waals surface area contributed by atoms with Crippen molar-refractivity contribution in [3.8, 4) is 0 Å². The van der Waals surface area contributed by atoms with Crippen LogP contribution in [0.2, 0.25) is 0 Å². The number of ether oxygens (including phenoxy) is 1. The molecule has 0 saturated heterocycles. The third-order valence-corrected chi connectivity index (χ3v) is 2.13. The summed E-state index contributed by atoms with van der Waals surface area (Å²) in [6.07, 6.45) is 0. The van der Waals surface area contributed by atoms with Crippen LogP contribution in [0.15, 0.2) is 24.3 Å². The quantitative estimate of drug-likeness (QED) is 0.187. The molecule has 2 N–H and O–H groups in total. The Bertz CT molecular complexity index is 491. The van der Waals surface area contributed by atoms with Crippen molar-refractivity contribution in [3.05, 3.63) is 39.9 Å². The van der Waals surface area contributed by atoms with Crippen LogP contribution >= 0.6 is 0 Å². The number of esters is 1. The van der Waals surface area contributed by atoms with Gasteiger partial charge in [0.2, 0.25) is 5.78 Å². The van der Waals surface area contributed by atoms with Crippen molar-refractivity contribution >= 4 is 17.4 Å². The Balaban J connectivity index is 3.04. The van der Waals surface area contributed by atoms with E-state index in [0.717, 1.165) is 31.4 Å². The molecular formula is C10H9NO7. The predicted octanol–water partition coefficient (Wildman–Crippen LogP) is -0.369. The maximum absolute atomic E-state index is 11.6. The van der Waals surface area contributed by atoms with Crippen LogP contribution in [-0.2, 0) is 9.53 Å². The van der Waals surface area contributed by atoms with Crippen LogP contribution in [0.5, 0.6) is 0 Å². The summed E-state index contributed by atoms with van der Waals surface area (Å²) in [4.78, 5) is 32.2. The fraction of sp³-hybridized carbons (Fsp3) is 0.200. The first-order valence-electron chi connectivity index (χ1n) is 4.63. The summed E-state index contributed by atoms with van der Waals surface area (Å²) in [5.74, 6) is -6.18. The number of carbonyl (C=O) groups excluding carboxylic acids is 2. The standard InChI is InChI=1S/C10H9NO7/c1-18-9(13)10(14,15)8(12)6-2-4-7(5-3-6)11(16)17/h2-5,14-15H,1H3. The molecule has 1 aromatic rings. The Morgan fingerprint density at radius 1 is 1.28 bits per heavy atom. The normalized spacial score (nSPS) is 10.8. The van der Waals surface area contributed by atoms with Crippen molar-refractivity contribution in [2.45, 2.75) is 5.79 Å². The van der Waals surface area contributed by atoms with E-state index in [0.29, 0.717) is 0 Å². The van der Waals surface area contributed by atoms with Gasteiger partial charge in [-0.25, -0.2) is 4.79 Å². The van der Waals surface area contributed by atoms with Gasteiger partial charge in [0.1, 0.15) is 0 Å². The minimum atomic E-state index is -3.31. The number of non-ortho nitro benzene ring substituents is 1. The first-order valence-corrected chi connectivity index (χ1v) is 4.63. The molecule has 0 saturated carbocycles. The molecule has 18 heavy (non-hydrogen) atoms. The van der Waals surface area contributed by atoms with E-state index in [4.69, 9.17) is 0 Å². The lowest BCUT2D eigenvalue weighted by Crippen LogP contribution is -2.47. The fourth-order valence-electron chi connectivity index (χ4n) is 1.17. The maximum Gasteiger partial charge on any atom is 0.375 e. The number of benzene rings is 1. The topological polar surface area (TPSA) is 127 Å². The van der Waals surface area contributed by atoms with Gasteiger partial charge in [-0.1, -0.05) is 0 Å². The largest absolute Gasteiger partial charge is 0.465 e. The summed E-state index contributed by atoms with van der Waals surface area (Å²) in [5.41, 5.74) is -0.540. The lowest BCUT2D eigenvalue weighted by molar-refractivity contribution is -0.384. The second-order valence-corrected chi connectivity index (χ2v) is 3.30. The number of nitro benzene ring substituents is 1. The molecule has 0 atom stereocenters. The first-order chi connectivity index (χ1) is 8.30. The van der Waals surface area contributed by atoms with Crippen molar-refractivity contribution < 1.29 is 29.5 Å². The van der Waals surface area contributed by atoms with Gasteiger partial charge in [0.15, 0.2) is 0 Å². The van der Waals surface area contributed by atoms with E-state index in [1.165, 1.54) is 0 Å². The molecule has 0 aromatic heterocycles. The first kappa shape index (κ1) is 13.7.